The Balaban J connectivity index is 2.75. The van der Waals surface area contributed by atoms with Crippen molar-refractivity contribution in [3.63, 3.8) is 0 Å². The van der Waals surface area contributed by atoms with E-state index in [4.69, 9.17) is 15.5 Å². The topological polar surface area (TPSA) is 95.3 Å². The third-order valence-corrected chi connectivity index (χ3v) is 2.65. The largest absolute Gasteiger partial charge is 0.467 e. The maximum Gasteiger partial charge on any atom is 0.268 e. The highest BCUT2D eigenvalue weighted by Gasteiger charge is 2.17. The van der Waals surface area contributed by atoms with Crippen LogP contribution in [0.15, 0.2) is 16.7 Å². The third-order valence-electron chi connectivity index (χ3n) is 2.65. The van der Waals surface area contributed by atoms with Crippen LogP contribution in [0.2, 0.25) is 0 Å². The van der Waals surface area contributed by atoms with Gasteiger partial charge in [0.15, 0.2) is 0 Å². The lowest BCUT2D eigenvalue weighted by atomic mass is 10.1. The van der Waals surface area contributed by atoms with Gasteiger partial charge in [-0.05, 0) is 12.0 Å². The number of rotatable bonds is 7. The van der Waals surface area contributed by atoms with E-state index in [0.29, 0.717) is 36.8 Å². The molecule has 1 aromatic heterocycles. The standard InChI is InChI=1S/C13H20N4O2/c1-10(2)8-17(6-3-5-14)9-12-11(4-7-19-12)13(18)16-15/h4,7,10H,3,6,8-9,15H2,1-2H3,(H,16,18). The van der Waals surface area contributed by atoms with Gasteiger partial charge in [-0.25, -0.2) is 5.84 Å². The van der Waals surface area contributed by atoms with E-state index in [2.05, 4.69) is 30.2 Å². The summed E-state index contributed by atoms with van der Waals surface area (Å²) in [6, 6.07) is 3.72. The van der Waals surface area contributed by atoms with Crippen molar-refractivity contribution >= 4 is 5.91 Å². The highest BCUT2D eigenvalue weighted by molar-refractivity contribution is 5.94. The Morgan fingerprint density at radius 1 is 1.63 bits per heavy atom. The Hall–Kier alpha value is -1.84. The van der Waals surface area contributed by atoms with Gasteiger partial charge in [-0.15, -0.1) is 0 Å². The lowest BCUT2D eigenvalue weighted by Crippen LogP contribution is -2.32. The van der Waals surface area contributed by atoms with Crippen LogP contribution >= 0.6 is 0 Å². The Morgan fingerprint density at radius 3 is 2.95 bits per heavy atom. The number of hydrogen-bond donors (Lipinski definition) is 2. The molecule has 3 N–H and O–H groups in total. The summed E-state index contributed by atoms with van der Waals surface area (Å²) in [5.41, 5.74) is 2.53. The molecule has 1 amide bonds. The molecule has 19 heavy (non-hydrogen) atoms. The van der Waals surface area contributed by atoms with Gasteiger partial charge in [-0.1, -0.05) is 13.8 Å². The summed E-state index contributed by atoms with van der Waals surface area (Å²) in [5.74, 6) is 5.80. The molecule has 0 saturated carbocycles. The van der Waals surface area contributed by atoms with Gasteiger partial charge in [0.1, 0.15) is 5.76 Å². The van der Waals surface area contributed by atoms with E-state index in [9.17, 15) is 4.79 Å². The molecule has 0 aliphatic heterocycles. The molecule has 0 unspecified atom stereocenters. The molecule has 0 atom stereocenters. The molecule has 0 spiro atoms. The van der Waals surface area contributed by atoms with E-state index in [1.807, 2.05) is 0 Å². The Kier molecular flexibility index (Phi) is 6.06. The second-order valence-corrected chi connectivity index (χ2v) is 4.77. The van der Waals surface area contributed by atoms with E-state index in [-0.39, 0.29) is 5.91 Å². The van der Waals surface area contributed by atoms with E-state index >= 15 is 0 Å². The highest BCUT2D eigenvalue weighted by atomic mass is 16.3. The number of nitrogens with zero attached hydrogens (tertiary/aromatic N) is 2. The molecule has 0 aliphatic rings. The predicted octanol–water partition coefficient (Wildman–Crippen LogP) is 1.25. The maximum atomic E-state index is 11.5. The SMILES string of the molecule is CC(C)CN(CCC#N)Cc1occc1C(=O)NN. The second-order valence-electron chi connectivity index (χ2n) is 4.77. The minimum atomic E-state index is -0.367. The lowest BCUT2D eigenvalue weighted by Gasteiger charge is -2.22. The predicted molar refractivity (Wildman–Crippen MR) is 70.7 cm³/mol. The molecule has 0 bridgehead atoms. The van der Waals surface area contributed by atoms with Gasteiger partial charge in [0.2, 0.25) is 0 Å². The van der Waals surface area contributed by atoms with Crippen LogP contribution in [-0.2, 0) is 6.54 Å². The molecule has 6 heteroatoms. The van der Waals surface area contributed by atoms with Crippen molar-refractivity contribution in [2.75, 3.05) is 13.1 Å². The molecule has 0 fully saturated rings. The molecule has 0 aromatic carbocycles. The lowest BCUT2D eigenvalue weighted by molar-refractivity contribution is 0.0949. The fraction of sp³-hybridized carbons (Fsp3) is 0.538. The van der Waals surface area contributed by atoms with E-state index in [0.717, 1.165) is 6.54 Å². The van der Waals surface area contributed by atoms with Crippen LogP contribution in [0.4, 0.5) is 0 Å². The Morgan fingerprint density at radius 2 is 2.37 bits per heavy atom. The Bertz CT molecular complexity index is 448. The number of carbonyl (C=O) groups excluding carboxylic acids is 1. The number of hydrogen-bond acceptors (Lipinski definition) is 5. The minimum absolute atomic E-state index is 0.367. The summed E-state index contributed by atoms with van der Waals surface area (Å²) in [6.07, 6.45) is 1.92. The number of furan rings is 1. The van der Waals surface area contributed by atoms with Crippen molar-refractivity contribution in [3.05, 3.63) is 23.7 Å². The van der Waals surface area contributed by atoms with Gasteiger partial charge in [0.25, 0.3) is 5.91 Å². The summed E-state index contributed by atoms with van der Waals surface area (Å²) in [6.45, 7) is 6.20. The summed E-state index contributed by atoms with van der Waals surface area (Å²) >= 11 is 0. The number of carbonyl (C=O) groups is 1. The average Bonchev–Trinajstić information content (AvgIpc) is 2.82. The molecule has 104 valence electrons. The zero-order valence-electron chi connectivity index (χ0n) is 11.3. The van der Waals surface area contributed by atoms with E-state index < -0.39 is 0 Å². The van der Waals surface area contributed by atoms with Gasteiger partial charge in [0, 0.05) is 19.5 Å². The third kappa shape index (κ3) is 4.73. The first kappa shape index (κ1) is 15.2. The van der Waals surface area contributed by atoms with Crippen molar-refractivity contribution in [1.29, 1.82) is 5.26 Å². The average molecular weight is 264 g/mol. The van der Waals surface area contributed by atoms with Gasteiger partial charge in [0.05, 0.1) is 24.4 Å². The second kappa shape index (κ2) is 7.56. The number of nitrogen functional groups attached to an aromatic ring is 1. The zero-order valence-corrected chi connectivity index (χ0v) is 11.3. The normalized spacial score (nSPS) is 10.7. The monoisotopic (exact) mass is 264 g/mol. The van der Waals surface area contributed by atoms with Gasteiger partial charge in [-0.2, -0.15) is 5.26 Å². The first-order valence-corrected chi connectivity index (χ1v) is 6.25. The zero-order chi connectivity index (χ0) is 14.3. The minimum Gasteiger partial charge on any atom is -0.467 e. The Labute approximate surface area is 113 Å². The molecule has 6 nitrogen and oxygen atoms in total. The van der Waals surface area contributed by atoms with Crippen LogP contribution < -0.4 is 11.3 Å². The number of nitrogens with one attached hydrogen (secondary N) is 1. The van der Waals surface area contributed by atoms with Crippen molar-refractivity contribution in [3.8, 4) is 6.07 Å². The highest BCUT2D eigenvalue weighted by Crippen LogP contribution is 2.14. The van der Waals surface area contributed by atoms with Gasteiger partial charge in [-0.3, -0.25) is 15.1 Å². The molecule has 1 rings (SSSR count). The van der Waals surface area contributed by atoms with Crippen LogP contribution in [0.3, 0.4) is 0 Å². The number of hydrazine groups is 1. The fourth-order valence-corrected chi connectivity index (χ4v) is 1.91. The van der Waals surface area contributed by atoms with Gasteiger partial charge >= 0.3 is 0 Å². The van der Waals surface area contributed by atoms with Crippen molar-refractivity contribution in [2.24, 2.45) is 11.8 Å². The first-order chi connectivity index (χ1) is 9.08. The van der Waals surface area contributed by atoms with Crippen LogP contribution in [0.25, 0.3) is 0 Å². The number of nitrogens with two attached hydrogens (primary N) is 1. The fourth-order valence-electron chi connectivity index (χ4n) is 1.91. The molecular formula is C13H20N4O2. The van der Waals surface area contributed by atoms with Crippen molar-refractivity contribution in [1.82, 2.24) is 10.3 Å². The first-order valence-electron chi connectivity index (χ1n) is 6.25. The summed E-state index contributed by atoms with van der Waals surface area (Å²) in [4.78, 5) is 13.6. The number of amides is 1. The summed E-state index contributed by atoms with van der Waals surface area (Å²) in [7, 11) is 0. The molecule has 1 aromatic rings. The summed E-state index contributed by atoms with van der Waals surface area (Å²) in [5, 5.41) is 8.68. The van der Waals surface area contributed by atoms with E-state index in [1.54, 1.807) is 6.07 Å². The molecule has 0 radical (unpaired) electrons. The molecule has 0 aliphatic carbocycles. The van der Waals surface area contributed by atoms with Crippen LogP contribution in [-0.4, -0.2) is 23.9 Å². The van der Waals surface area contributed by atoms with Crippen LogP contribution in [0, 0.1) is 17.2 Å². The van der Waals surface area contributed by atoms with E-state index in [1.165, 1.54) is 6.26 Å². The molecule has 1 heterocycles. The van der Waals surface area contributed by atoms with Crippen molar-refractivity contribution in [2.45, 2.75) is 26.8 Å². The maximum absolute atomic E-state index is 11.5. The number of nitriles is 1. The molecule has 0 saturated heterocycles. The van der Waals surface area contributed by atoms with Crippen LogP contribution in [0.5, 0.6) is 0 Å². The quantitative estimate of drug-likeness (QED) is 0.439. The summed E-state index contributed by atoms with van der Waals surface area (Å²) < 4.78 is 5.34. The van der Waals surface area contributed by atoms with Gasteiger partial charge < -0.3 is 4.42 Å². The van der Waals surface area contributed by atoms with Crippen LogP contribution in [0.1, 0.15) is 36.4 Å². The molecular weight excluding hydrogens is 244 g/mol. The van der Waals surface area contributed by atoms with Crippen molar-refractivity contribution < 1.29 is 9.21 Å². The smallest absolute Gasteiger partial charge is 0.268 e.